The van der Waals surface area contributed by atoms with Gasteiger partial charge in [-0.3, -0.25) is 10.1 Å². The van der Waals surface area contributed by atoms with Crippen LogP contribution in [0.15, 0.2) is 24.4 Å². The molecule has 1 saturated heterocycles. The zero-order valence-corrected chi connectivity index (χ0v) is 13.1. The molecule has 7 heteroatoms. The van der Waals surface area contributed by atoms with Crippen LogP contribution in [-0.2, 0) is 4.74 Å². The number of aromatic nitrogens is 1. The summed E-state index contributed by atoms with van der Waals surface area (Å²) in [7, 11) is 1.57. The second kappa shape index (κ2) is 6.37. The number of hydrogen-bond donors (Lipinski definition) is 1. The van der Waals surface area contributed by atoms with E-state index in [4.69, 9.17) is 9.47 Å². The highest BCUT2D eigenvalue weighted by Gasteiger charge is 2.24. The highest BCUT2D eigenvalue weighted by molar-refractivity contribution is 5.96. The minimum Gasteiger partial charge on any atom is -0.497 e. The third-order valence-electron chi connectivity index (χ3n) is 4.09. The van der Waals surface area contributed by atoms with Crippen molar-refractivity contribution in [2.75, 3.05) is 19.0 Å². The number of benzene rings is 1. The molecule has 23 heavy (non-hydrogen) atoms. The van der Waals surface area contributed by atoms with Crippen molar-refractivity contribution in [1.82, 2.24) is 4.98 Å². The van der Waals surface area contributed by atoms with Crippen LogP contribution in [0, 0.1) is 10.1 Å². The maximum atomic E-state index is 11.4. The molecule has 1 fully saturated rings. The van der Waals surface area contributed by atoms with Crippen LogP contribution in [0.1, 0.15) is 19.8 Å². The van der Waals surface area contributed by atoms with Crippen LogP contribution in [0.5, 0.6) is 5.75 Å². The molecule has 0 aliphatic carbocycles. The number of ether oxygens (including phenoxy) is 2. The molecule has 2 aromatic rings. The molecule has 0 unspecified atom stereocenters. The van der Waals surface area contributed by atoms with E-state index in [1.807, 2.05) is 6.92 Å². The standard InChI is InChI=1S/C16H19N3O4/c1-10-7-11(5-6-23-10)18-16-13-8-12(22-2)3-4-14(13)17-9-15(16)19(20)21/h3-4,8-11H,5-7H2,1-2H3,(H,17,18)/t10-,11-/m0/s1. The normalized spacial score (nSPS) is 21.1. The topological polar surface area (TPSA) is 86.5 Å². The van der Waals surface area contributed by atoms with Crippen molar-refractivity contribution in [1.29, 1.82) is 0 Å². The first-order chi connectivity index (χ1) is 11.1. The lowest BCUT2D eigenvalue weighted by molar-refractivity contribution is -0.384. The Kier molecular flexibility index (Phi) is 4.29. The molecule has 1 aromatic heterocycles. The Morgan fingerprint density at radius 3 is 3.00 bits per heavy atom. The highest BCUT2D eigenvalue weighted by atomic mass is 16.6. The number of hydrogen-bond acceptors (Lipinski definition) is 6. The van der Waals surface area contributed by atoms with Gasteiger partial charge in [0.25, 0.3) is 0 Å². The Labute approximate surface area is 133 Å². The quantitative estimate of drug-likeness (QED) is 0.688. The minimum atomic E-state index is -0.406. The molecule has 0 amide bonds. The molecule has 1 aliphatic heterocycles. The summed E-state index contributed by atoms with van der Waals surface area (Å²) in [5.74, 6) is 0.642. The minimum absolute atomic E-state index is 0.0232. The number of rotatable bonds is 4. The molecule has 2 heterocycles. The molecule has 122 valence electrons. The summed E-state index contributed by atoms with van der Waals surface area (Å²) in [5, 5.41) is 15.4. The summed E-state index contributed by atoms with van der Waals surface area (Å²) in [6.07, 6.45) is 3.07. The molecule has 7 nitrogen and oxygen atoms in total. The van der Waals surface area contributed by atoms with Gasteiger partial charge in [0.15, 0.2) is 0 Å². The van der Waals surface area contributed by atoms with E-state index < -0.39 is 4.92 Å². The van der Waals surface area contributed by atoms with E-state index in [0.29, 0.717) is 28.9 Å². The molecule has 2 atom stereocenters. The van der Waals surface area contributed by atoms with Gasteiger partial charge in [0.2, 0.25) is 0 Å². The first kappa shape index (κ1) is 15.5. The van der Waals surface area contributed by atoms with Crippen molar-refractivity contribution in [3.05, 3.63) is 34.5 Å². The molecule has 1 aliphatic rings. The van der Waals surface area contributed by atoms with E-state index in [1.165, 1.54) is 6.20 Å². The van der Waals surface area contributed by atoms with E-state index in [-0.39, 0.29) is 17.8 Å². The maximum Gasteiger partial charge on any atom is 0.311 e. The van der Waals surface area contributed by atoms with Gasteiger partial charge in [-0.1, -0.05) is 0 Å². The van der Waals surface area contributed by atoms with Crippen molar-refractivity contribution in [3.8, 4) is 5.75 Å². The largest absolute Gasteiger partial charge is 0.497 e. The van der Waals surface area contributed by atoms with Gasteiger partial charge in [0.05, 0.1) is 23.7 Å². The van der Waals surface area contributed by atoms with Gasteiger partial charge in [-0.2, -0.15) is 0 Å². The van der Waals surface area contributed by atoms with Crippen LogP contribution in [0.2, 0.25) is 0 Å². The lowest BCUT2D eigenvalue weighted by Gasteiger charge is -2.28. The van der Waals surface area contributed by atoms with Crippen molar-refractivity contribution in [2.24, 2.45) is 0 Å². The smallest absolute Gasteiger partial charge is 0.311 e. The SMILES string of the molecule is COc1ccc2ncc([N+](=O)[O-])c(N[C@H]3CCO[C@@H](C)C3)c2c1. The van der Waals surface area contributed by atoms with Crippen LogP contribution >= 0.6 is 0 Å². The second-order valence-corrected chi connectivity index (χ2v) is 5.71. The predicted molar refractivity (Wildman–Crippen MR) is 87.0 cm³/mol. The average Bonchev–Trinajstić information content (AvgIpc) is 2.54. The molecule has 1 N–H and O–H groups in total. The summed E-state index contributed by atoms with van der Waals surface area (Å²) in [5.41, 5.74) is 1.17. The monoisotopic (exact) mass is 317 g/mol. The number of anilines is 1. The Hall–Kier alpha value is -2.41. The third-order valence-corrected chi connectivity index (χ3v) is 4.09. The van der Waals surface area contributed by atoms with Crippen LogP contribution < -0.4 is 10.1 Å². The van der Waals surface area contributed by atoms with Crippen molar-refractivity contribution < 1.29 is 14.4 Å². The zero-order valence-electron chi connectivity index (χ0n) is 13.1. The van der Waals surface area contributed by atoms with E-state index in [1.54, 1.807) is 25.3 Å². The Balaban J connectivity index is 2.06. The Bertz CT molecular complexity index is 735. The van der Waals surface area contributed by atoms with E-state index in [0.717, 1.165) is 12.8 Å². The lowest BCUT2D eigenvalue weighted by Crippen LogP contribution is -2.32. The van der Waals surface area contributed by atoms with Gasteiger partial charge in [0.1, 0.15) is 17.6 Å². The van der Waals surface area contributed by atoms with Gasteiger partial charge >= 0.3 is 5.69 Å². The Morgan fingerprint density at radius 1 is 1.48 bits per heavy atom. The summed E-state index contributed by atoms with van der Waals surface area (Å²) < 4.78 is 10.8. The molecular formula is C16H19N3O4. The molecule has 1 aromatic carbocycles. The predicted octanol–water partition coefficient (Wildman–Crippen LogP) is 3.13. The summed E-state index contributed by atoms with van der Waals surface area (Å²) in [4.78, 5) is 15.2. The van der Waals surface area contributed by atoms with Gasteiger partial charge in [0, 0.05) is 18.0 Å². The van der Waals surface area contributed by atoms with Crippen molar-refractivity contribution >= 4 is 22.3 Å². The molecule has 0 spiro atoms. The number of methoxy groups -OCH3 is 1. The second-order valence-electron chi connectivity index (χ2n) is 5.71. The van der Waals surface area contributed by atoms with Gasteiger partial charge in [-0.15, -0.1) is 0 Å². The van der Waals surface area contributed by atoms with E-state index in [2.05, 4.69) is 10.3 Å². The van der Waals surface area contributed by atoms with E-state index in [9.17, 15) is 10.1 Å². The van der Waals surface area contributed by atoms with Gasteiger partial charge in [-0.05, 0) is 38.0 Å². The fraction of sp³-hybridized carbons (Fsp3) is 0.438. The lowest BCUT2D eigenvalue weighted by atomic mass is 10.0. The number of nitro groups is 1. The summed E-state index contributed by atoms with van der Waals surface area (Å²) >= 11 is 0. The Morgan fingerprint density at radius 2 is 2.30 bits per heavy atom. The van der Waals surface area contributed by atoms with Gasteiger partial charge < -0.3 is 14.8 Å². The fourth-order valence-electron chi connectivity index (χ4n) is 2.91. The number of fused-ring (bicyclic) bond motifs is 1. The van der Waals surface area contributed by atoms with E-state index >= 15 is 0 Å². The summed E-state index contributed by atoms with van der Waals surface area (Å²) in [6, 6.07) is 5.51. The van der Waals surface area contributed by atoms with Crippen LogP contribution in [0.3, 0.4) is 0 Å². The van der Waals surface area contributed by atoms with Crippen LogP contribution in [0.25, 0.3) is 10.9 Å². The molecule has 0 saturated carbocycles. The fourth-order valence-corrected chi connectivity index (χ4v) is 2.91. The highest BCUT2D eigenvalue weighted by Crippen LogP contribution is 2.35. The van der Waals surface area contributed by atoms with Gasteiger partial charge in [-0.25, -0.2) is 4.98 Å². The third kappa shape index (κ3) is 3.19. The molecule has 0 bridgehead atoms. The maximum absolute atomic E-state index is 11.4. The molecule has 0 radical (unpaired) electrons. The first-order valence-electron chi connectivity index (χ1n) is 7.57. The number of nitrogens with zero attached hydrogens (tertiary/aromatic N) is 2. The number of pyridine rings is 1. The molecular weight excluding hydrogens is 298 g/mol. The molecule has 3 rings (SSSR count). The van der Waals surface area contributed by atoms with Crippen LogP contribution in [0.4, 0.5) is 11.4 Å². The average molecular weight is 317 g/mol. The first-order valence-corrected chi connectivity index (χ1v) is 7.57. The summed E-state index contributed by atoms with van der Waals surface area (Å²) in [6.45, 7) is 2.66. The zero-order chi connectivity index (χ0) is 16.4. The van der Waals surface area contributed by atoms with Crippen LogP contribution in [-0.4, -0.2) is 35.8 Å². The van der Waals surface area contributed by atoms with Crippen molar-refractivity contribution in [3.63, 3.8) is 0 Å². The van der Waals surface area contributed by atoms with Crippen molar-refractivity contribution in [2.45, 2.75) is 31.9 Å². The number of nitrogens with one attached hydrogen (secondary N) is 1.